The molecule has 0 radical (unpaired) electrons. The van der Waals surface area contributed by atoms with Crippen LogP contribution in [0.25, 0.3) is 0 Å². The Kier molecular flexibility index (Phi) is 8.36. The fraction of sp³-hybridized carbons (Fsp3) is 0.440. The van der Waals surface area contributed by atoms with Crippen molar-refractivity contribution in [2.45, 2.75) is 26.2 Å². The fourth-order valence-electron chi connectivity index (χ4n) is 3.91. The Hall–Kier alpha value is -3.22. The van der Waals surface area contributed by atoms with Crippen LogP contribution < -0.4 is 14.2 Å². The second-order valence-electron chi connectivity index (χ2n) is 7.65. The van der Waals surface area contributed by atoms with Crippen LogP contribution in [0.4, 0.5) is 0 Å². The van der Waals surface area contributed by atoms with Crippen LogP contribution in [0.1, 0.15) is 35.7 Å². The smallest absolute Gasteiger partial charge is 0.257 e. The van der Waals surface area contributed by atoms with Crippen LogP contribution in [0.3, 0.4) is 0 Å². The van der Waals surface area contributed by atoms with E-state index in [1.165, 1.54) is 0 Å². The molecule has 0 saturated carbocycles. The summed E-state index contributed by atoms with van der Waals surface area (Å²) in [6, 6.07) is 13.0. The first kappa shape index (κ1) is 23.4. The third-order valence-corrected chi connectivity index (χ3v) is 5.63. The molecular formula is C25H32N2O5. The molecule has 1 aliphatic rings. The van der Waals surface area contributed by atoms with Gasteiger partial charge in [0.05, 0.1) is 26.4 Å². The maximum absolute atomic E-state index is 13.0. The van der Waals surface area contributed by atoms with Gasteiger partial charge in [-0.25, -0.2) is 0 Å². The van der Waals surface area contributed by atoms with Crippen molar-refractivity contribution >= 4 is 11.8 Å². The Morgan fingerprint density at radius 2 is 1.59 bits per heavy atom. The van der Waals surface area contributed by atoms with E-state index in [2.05, 4.69) is 0 Å². The predicted molar refractivity (Wildman–Crippen MR) is 123 cm³/mol. The molecule has 0 atom stereocenters. The summed E-state index contributed by atoms with van der Waals surface area (Å²) in [6.45, 7) is 4.82. The normalized spacial score (nSPS) is 14.0. The van der Waals surface area contributed by atoms with Crippen LogP contribution in [0.5, 0.6) is 17.2 Å². The molecule has 0 aliphatic carbocycles. The maximum Gasteiger partial charge on any atom is 0.257 e. The molecule has 0 bridgehead atoms. The van der Waals surface area contributed by atoms with Gasteiger partial charge in [0.25, 0.3) is 5.91 Å². The number of rotatable bonds is 8. The molecule has 3 rings (SSSR count). The molecule has 32 heavy (non-hydrogen) atoms. The summed E-state index contributed by atoms with van der Waals surface area (Å²) < 4.78 is 16.3. The first-order valence-electron chi connectivity index (χ1n) is 11.1. The SMILES string of the molecule is CCOc1ccc(CCC(=O)N2CCCN(C(=O)c3ccccc3OC)CC2)cc1OC. The third-order valence-electron chi connectivity index (χ3n) is 5.63. The molecule has 1 fully saturated rings. The first-order valence-corrected chi connectivity index (χ1v) is 11.1. The van der Waals surface area contributed by atoms with Gasteiger partial charge < -0.3 is 24.0 Å². The molecule has 7 heteroatoms. The molecule has 2 aromatic rings. The molecule has 1 saturated heterocycles. The van der Waals surface area contributed by atoms with E-state index in [0.717, 1.165) is 12.0 Å². The predicted octanol–water partition coefficient (Wildman–Crippen LogP) is 3.41. The van der Waals surface area contributed by atoms with Gasteiger partial charge in [0.15, 0.2) is 11.5 Å². The van der Waals surface area contributed by atoms with Crippen molar-refractivity contribution in [2.75, 3.05) is 47.0 Å². The molecule has 2 aromatic carbocycles. The first-order chi connectivity index (χ1) is 15.6. The lowest BCUT2D eigenvalue weighted by Gasteiger charge is -2.23. The van der Waals surface area contributed by atoms with Gasteiger partial charge in [-0.3, -0.25) is 9.59 Å². The summed E-state index contributed by atoms with van der Waals surface area (Å²) in [7, 11) is 3.18. The Morgan fingerprint density at radius 3 is 2.34 bits per heavy atom. The van der Waals surface area contributed by atoms with Crippen molar-refractivity contribution in [2.24, 2.45) is 0 Å². The van der Waals surface area contributed by atoms with E-state index in [1.807, 2.05) is 47.1 Å². The van der Waals surface area contributed by atoms with Crippen molar-refractivity contribution in [1.29, 1.82) is 0 Å². The van der Waals surface area contributed by atoms with Gasteiger partial charge in [-0.1, -0.05) is 18.2 Å². The number of hydrogen-bond acceptors (Lipinski definition) is 5. The van der Waals surface area contributed by atoms with Crippen molar-refractivity contribution in [1.82, 2.24) is 9.80 Å². The Labute approximate surface area is 189 Å². The number of benzene rings is 2. The highest BCUT2D eigenvalue weighted by atomic mass is 16.5. The second kappa shape index (κ2) is 11.4. The number of amides is 2. The van der Waals surface area contributed by atoms with Gasteiger partial charge in [-0.05, 0) is 49.6 Å². The minimum absolute atomic E-state index is 0.0572. The maximum atomic E-state index is 13.0. The number of para-hydroxylation sites is 1. The lowest BCUT2D eigenvalue weighted by atomic mass is 10.1. The zero-order valence-corrected chi connectivity index (χ0v) is 19.1. The van der Waals surface area contributed by atoms with E-state index < -0.39 is 0 Å². The number of hydrogen-bond donors (Lipinski definition) is 0. The quantitative estimate of drug-likeness (QED) is 0.629. The zero-order valence-electron chi connectivity index (χ0n) is 19.1. The second-order valence-corrected chi connectivity index (χ2v) is 7.65. The van der Waals surface area contributed by atoms with Crippen molar-refractivity contribution in [3.8, 4) is 17.2 Å². The molecule has 1 heterocycles. The average molecular weight is 441 g/mol. The van der Waals surface area contributed by atoms with E-state index >= 15 is 0 Å². The van der Waals surface area contributed by atoms with E-state index in [-0.39, 0.29) is 11.8 Å². The van der Waals surface area contributed by atoms with Crippen molar-refractivity contribution < 1.29 is 23.8 Å². The number of nitrogens with zero attached hydrogens (tertiary/aromatic N) is 2. The summed E-state index contributed by atoms with van der Waals surface area (Å²) in [5, 5.41) is 0. The Balaban J connectivity index is 1.56. The van der Waals surface area contributed by atoms with Gasteiger partial charge in [0.2, 0.25) is 5.91 Å². The summed E-state index contributed by atoms with van der Waals surface area (Å²) >= 11 is 0. The van der Waals surface area contributed by atoms with E-state index in [1.54, 1.807) is 26.4 Å². The van der Waals surface area contributed by atoms with Crippen LogP contribution in [0.15, 0.2) is 42.5 Å². The molecule has 0 spiro atoms. The Bertz CT molecular complexity index is 930. The molecule has 7 nitrogen and oxygen atoms in total. The number of carbonyl (C=O) groups excluding carboxylic acids is 2. The topological polar surface area (TPSA) is 68.3 Å². The molecule has 0 unspecified atom stereocenters. The molecule has 2 amide bonds. The number of ether oxygens (including phenoxy) is 3. The average Bonchev–Trinajstić information content (AvgIpc) is 3.09. The summed E-state index contributed by atoms with van der Waals surface area (Å²) in [5.41, 5.74) is 1.58. The lowest BCUT2D eigenvalue weighted by Crippen LogP contribution is -2.37. The standard InChI is InChI=1S/C25H32N2O5/c1-4-32-22-12-10-19(18-23(22)31-3)11-13-24(28)26-14-7-15-27(17-16-26)25(29)20-8-5-6-9-21(20)30-2/h5-6,8-10,12,18H,4,7,11,13-17H2,1-3H3. The summed E-state index contributed by atoms with van der Waals surface area (Å²) in [6.07, 6.45) is 1.79. The molecule has 0 aromatic heterocycles. The van der Waals surface area contributed by atoms with Gasteiger partial charge >= 0.3 is 0 Å². The highest BCUT2D eigenvalue weighted by molar-refractivity contribution is 5.97. The number of carbonyl (C=O) groups is 2. The van der Waals surface area contributed by atoms with Crippen molar-refractivity contribution in [3.63, 3.8) is 0 Å². The number of methoxy groups -OCH3 is 2. The molecule has 1 aliphatic heterocycles. The highest BCUT2D eigenvalue weighted by Crippen LogP contribution is 2.28. The van der Waals surface area contributed by atoms with Gasteiger partial charge in [-0.15, -0.1) is 0 Å². The Morgan fingerprint density at radius 1 is 0.875 bits per heavy atom. The minimum Gasteiger partial charge on any atom is -0.496 e. The zero-order chi connectivity index (χ0) is 22.9. The van der Waals surface area contributed by atoms with E-state index in [9.17, 15) is 9.59 Å². The van der Waals surface area contributed by atoms with Crippen LogP contribution in [-0.4, -0.2) is 68.6 Å². The van der Waals surface area contributed by atoms with Crippen LogP contribution in [0, 0.1) is 0 Å². The number of aryl methyl sites for hydroxylation is 1. The van der Waals surface area contributed by atoms with Crippen LogP contribution in [0.2, 0.25) is 0 Å². The van der Waals surface area contributed by atoms with Crippen molar-refractivity contribution in [3.05, 3.63) is 53.6 Å². The lowest BCUT2D eigenvalue weighted by molar-refractivity contribution is -0.131. The van der Waals surface area contributed by atoms with E-state index in [0.29, 0.717) is 68.4 Å². The van der Waals surface area contributed by atoms with Gasteiger partial charge in [-0.2, -0.15) is 0 Å². The monoisotopic (exact) mass is 440 g/mol. The summed E-state index contributed by atoms with van der Waals surface area (Å²) in [5.74, 6) is 2.00. The molecular weight excluding hydrogens is 408 g/mol. The molecule has 0 N–H and O–H groups in total. The van der Waals surface area contributed by atoms with Crippen LogP contribution >= 0.6 is 0 Å². The van der Waals surface area contributed by atoms with E-state index in [4.69, 9.17) is 14.2 Å². The van der Waals surface area contributed by atoms with Gasteiger partial charge in [0, 0.05) is 32.6 Å². The molecule has 172 valence electrons. The fourth-order valence-corrected chi connectivity index (χ4v) is 3.91. The highest BCUT2D eigenvalue weighted by Gasteiger charge is 2.24. The van der Waals surface area contributed by atoms with Gasteiger partial charge in [0.1, 0.15) is 5.75 Å². The third kappa shape index (κ3) is 5.72. The summed E-state index contributed by atoms with van der Waals surface area (Å²) in [4.78, 5) is 29.5. The van der Waals surface area contributed by atoms with Crippen LogP contribution in [-0.2, 0) is 11.2 Å². The minimum atomic E-state index is -0.0572. The largest absolute Gasteiger partial charge is 0.496 e.